The highest BCUT2D eigenvalue weighted by atomic mass is 32.2. The molecule has 0 saturated carbocycles. The van der Waals surface area contributed by atoms with Gasteiger partial charge in [-0.15, -0.1) is 0 Å². The van der Waals surface area contributed by atoms with E-state index in [0.717, 1.165) is 11.3 Å². The van der Waals surface area contributed by atoms with Crippen molar-refractivity contribution in [2.75, 3.05) is 0 Å². The van der Waals surface area contributed by atoms with Gasteiger partial charge in [0.2, 0.25) is 10.0 Å². The summed E-state index contributed by atoms with van der Waals surface area (Å²) in [5.74, 6) is 0. The minimum atomic E-state index is -3.56. The van der Waals surface area contributed by atoms with Crippen molar-refractivity contribution in [3.05, 3.63) is 41.0 Å². The van der Waals surface area contributed by atoms with Gasteiger partial charge in [0.25, 0.3) is 0 Å². The summed E-state index contributed by atoms with van der Waals surface area (Å²) in [6, 6.07) is 3.69. The zero-order valence-corrected chi connectivity index (χ0v) is 11.9. The minimum Gasteiger partial charge on any atom is -0.281 e. The first-order valence-corrected chi connectivity index (χ1v) is 7.31. The van der Waals surface area contributed by atoms with Gasteiger partial charge in [-0.2, -0.15) is 5.10 Å². The second kappa shape index (κ2) is 5.10. The Morgan fingerprint density at radius 1 is 1.26 bits per heavy atom. The summed E-state index contributed by atoms with van der Waals surface area (Å²) in [6.45, 7) is 5.43. The molecule has 2 heterocycles. The second-order valence-corrected chi connectivity index (χ2v) is 6.10. The summed E-state index contributed by atoms with van der Waals surface area (Å²) in [5.41, 5.74) is 2.71. The zero-order valence-electron chi connectivity index (χ0n) is 11.1. The second-order valence-electron chi connectivity index (χ2n) is 4.40. The van der Waals surface area contributed by atoms with Gasteiger partial charge in [0.15, 0.2) is 0 Å². The molecular weight excluding hydrogens is 264 g/mol. The number of rotatable bonds is 4. The molecule has 102 valence electrons. The monoisotopic (exact) mass is 280 g/mol. The third-order valence-electron chi connectivity index (χ3n) is 2.77. The van der Waals surface area contributed by atoms with Gasteiger partial charge < -0.3 is 0 Å². The molecule has 0 aliphatic carbocycles. The van der Waals surface area contributed by atoms with Gasteiger partial charge in [-0.1, -0.05) is 6.07 Å². The highest BCUT2D eigenvalue weighted by molar-refractivity contribution is 7.89. The molecule has 0 fully saturated rings. The van der Waals surface area contributed by atoms with Gasteiger partial charge in [0.1, 0.15) is 4.90 Å². The van der Waals surface area contributed by atoms with Crippen LogP contribution in [0.2, 0.25) is 0 Å². The molecule has 2 rings (SSSR count). The average Bonchev–Trinajstić information content (AvgIpc) is 2.69. The van der Waals surface area contributed by atoms with Crippen LogP contribution in [0.25, 0.3) is 0 Å². The largest absolute Gasteiger partial charge is 0.281 e. The number of nitrogens with zero attached hydrogens (tertiary/aromatic N) is 2. The predicted molar refractivity (Wildman–Crippen MR) is 71.1 cm³/mol. The van der Waals surface area contributed by atoms with Crippen molar-refractivity contribution in [3.8, 4) is 0 Å². The number of nitrogens with one attached hydrogen (secondary N) is 2. The van der Waals surface area contributed by atoms with Crippen molar-refractivity contribution in [2.45, 2.75) is 32.2 Å². The molecule has 2 N–H and O–H groups in total. The van der Waals surface area contributed by atoms with Crippen molar-refractivity contribution in [2.24, 2.45) is 0 Å². The van der Waals surface area contributed by atoms with Crippen LogP contribution < -0.4 is 4.72 Å². The summed E-state index contributed by atoms with van der Waals surface area (Å²) in [7, 11) is -3.56. The lowest BCUT2D eigenvalue weighted by molar-refractivity contribution is 0.580. The van der Waals surface area contributed by atoms with E-state index in [2.05, 4.69) is 19.9 Å². The van der Waals surface area contributed by atoms with Crippen molar-refractivity contribution >= 4 is 10.0 Å². The van der Waals surface area contributed by atoms with E-state index in [1.807, 2.05) is 19.1 Å². The lowest BCUT2D eigenvalue weighted by Gasteiger charge is -2.07. The van der Waals surface area contributed by atoms with Crippen LogP contribution in [0.4, 0.5) is 0 Å². The normalized spacial score (nSPS) is 11.7. The SMILES string of the molecule is Cc1ccc(CNS(=O)(=O)c2c(C)n[nH]c2C)cn1. The van der Waals surface area contributed by atoms with Crippen LogP contribution in [0.1, 0.15) is 22.6 Å². The van der Waals surface area contributed by atoms with Gasteiger partial charge in [0, 0.05) is 18.4 Å². The third-order valence-corrected chi connectivity index (χ3v) is 4.43. The summed E-state index contributed by atoms with van der Waals surface area (Å²) < 4.78 is 26.9. The molecule has 0 radical (unpaired) electrons. The standard InChI is InChI=1S/C12H16N4O2S/c1-8-4-5-11(6-13-8)7-14-19(17,18)12-9(2)15-16-10(12)3/h4-6,14H,7H2,1-3H3,(H,15,16). The van der Waals surface area contributed by atoms with Gasteiger partial charge in [-0.05, 0) is 32.4 Å². The van der Waals surface area contributed by atoms with Crippen LogP contribution >= 0.6 is 0 Å². The smallest absolute Gasteiger partial charge is 0.244 e. The number of pyridine rings is 1. The highest BCUT2D eigenvalue weighted by Gasteiger charge is 2.21. The van der Waals surface area contributed by atoms with E-state index in [1.54, 1.807) is 20.0 Å². The van der Waals surface area contributed by atoms with Crippen LogP contribution in [-0.2, 0) is 16.6 Å². The third kappa shape index (κ3) is 2.99. The Bertz CT molecular complexity index is 655. The molecule has 0 unspecified atom stereocenters. The van der Waals surface area contributed by atoms with E-state index < -0.39 is 10.0 Å². The van der Waals surface area contributed by atoms with Crippen LogP contribution in [0.5, 0.6) is 0 Å². The summed E-state index contributed by atoms with van der Waals surface area (Å²) in [6.07, 6.45) is 1.66. The van der Waals surface area contributed by atoms with Crippen molar-refractivity contribution in [1.82, 2.24) is 19.9 Å². The van der Waals surface area contributed by atoms with E-state index in [-0.39, 0.29) is 11.4 Å². The fraction of sp³-hybridized carbons (Fsp3) is 0.333. The number of hydrogen-bond donors (Lipinski definition) is 2. The Morgan fingerprint density at radius 2 is 2.00 bits per heavy atom. The first-order chi connectivity index (χ1) is 8.90. The molecule has 0 spiro atoms. The topological polar surface area (TPSA) is 87.7 Å². The van der Waals surface area contributed by atoms with Crippen molar-refractivity contribution in [3.63, 3.8) is 0 Å². The molecule has 0 amide bonds. The Hall–Kier alpha value is -1.73. The molecule has 2 aromatic heterocycles. The fourth-order valence-corrected chi connectivity index (χ4v) is 3.17. The Balaban J connectivity index is 2.17. The summed E-state index contributed by atoms with van der Waals surface area (Å²) in [4.78, 5) is 4.34. The first kappa shape index (κ1) is 13.7. The Morgan fingerprint density at radius 3 is 2.53 bits per heavy atom. The van der Waals surface area contributed by atoms with E-state index in [0.29, 0.717) is 11.4 Å². The number of H-pyrrole nitrogens is 1. The maximum atomic E-state index is 12.2. The van der Waals surface area contributed by atoms with Crippen LogP contribution in [0.15, 0.2) is 23.2 Å². The van der Waals surface area contributed by atoms with Crippen molar-refractivity contribution in [1.29, 1.82) is 0 Å². The molecule has 19 heavy (non-hydrogen) atoms. The van der Waals surface area contributed by atoms with E-state index >= 15 is 0 Å². The number of aromatic nitrogens is 3. The van der Waals surface area contributed by atoms with Crippen molar-refractivity contribution < 1.29 is 8.42 Å². The van der Waals surface area contributed by atoms with Crippen LogP contribution in [-0.4, -0.2) is 23.6 Å². The molecule has 0 aliphatic heterocycles. The summed E-state index contributed by atoms with van der Waals surface area (Å²) >= 11 is 0. The Labute approximate surface area is 112 Å². The Kier molecular flexibility index (Phi) is 3.68. The fourth-order valence-electron chi connectivity index (χ4n) is 1.79. The average molecular weight is 280 g/mol. The molecule has 0 aromatic carbocycles. The molecule has 0 bridgehead atoms. The molecule has 0 saturated heterocycles. The van der Waals surface area contributed by atoms with Gasteiger partial charge in [0.05, 0.1) is 11.4 Å². The van der Waals surface area contributed by atoms with Crippen LogP contribution in [0.3, 0.4) is 0 Å². The molecule has 7 heteroatoms. The molecule has 2 aromatic rings. The van der Waals surface area contributed by atoms with E-state index in [4.69, 9.17) is 0 Å². The predicted octanol–water partition coefficient (Wildman–Crippen LogP) is 1.21. The molecular formula is C12H16N4O2S. The number of aromatic amines is 1. The first-order valence-electron chi connectivity index (χ1n) is 5.83. The number of aryl methyl sites for hydroxylation is 3. The summed E-state index contributed by atoms with van der Waals surface area (Å²) in [5, 5.41) is 6.56. The maximum Gasteiger partial charge on any atom is 0.244 e. The molecule has 0 aliphatic rings. The molecule has 6 nitrogen and oxygen atoms in total. The van der Waals surface area contributed by atoms with Gasteiger partial charge in [-0.3, -0.25) is 10.1 Å². The van der Waals surface area contributed by atoms with Gasteiger partial charge >= 0.3 is 0 Å². The van der Waals surface area contributed by atoms with E-state index in [1.165, 1.54) is 0 Å². The molecule has 0 atom stereocenters. The van der Waals surface area contributed by atoms with Gasteiger partial charge in [-0.25, -0.2) is 13.1 Å². The van der Waals surface area contributed by atoms with E-state index in [9.17, 15) is 8.42 Å². The lowest BCUT2D eigenvalue weighted by Crippen LogP contribution is -2.24. The zero-order chi connectivity index (χ0) is 14.0. The highest BCUT2D eigenvalue weighted by Crippen LogP contribution is 2.16. The lowest BCUT2D eigenvalue weighted by atomic mass is 10.2. The maximum absolute atomic E-state index is 12.2. The van der Waals surface area contributed by atoms with Crippen LogP contribution in [0, 0.1) is 20.8 Å². The number of sulfonamides is 1. The quantitative estimate of drug-likeness (QED) is 0.881. The minimum absolute atomic E-state index is 0.208. The number of hydrogen-bond acceptors (Lipinski definition) is 4.